The Morgan fingerprint density at radius 1 is 1.25 bits per heavy atom. The molecule has 24 heavy (non-hydrogen) atoms. The maximum Gasteiger partial charge on any atom is 0.261 e. The second-order valence-electron chi connectivity index (χ2n) is 6.22. The lowest BCUT2D eigenvalue weighted by molar-refractivity contribution is 0.0955. The van der Waals surface area contributed by atoms with E-state index in [0.717, 1.165) is 34.7 Å². The Morgan fingerprint density at radius 3 is 2.83 bits per heavy atom. The number of fused-ring (bicyclic) bond motifs is 3. The number of aromatic nitrogens is 2. The van der Waals surface area contributed by atoms with Crippen molar-refractivity contribution in [2.45, 2.75) is 33.2 Å². The van der Waals surface area contributed by atoms with Crippen LogP contribution in [0.25, 0.3) is 10.4 Å². The third-order valence-electron chi connectivity index (χ3n) is 4.66. The fraction of sp³-hybridized carbons (Fsp3) is 0.263. The highest BCUT2D eigenvalue weighted by molar-refractivity contribution is 7.17. The van der Waals surface area contributed by atoms with Crippen LogP contribution < -0.4 is 5.32 Å². The summed E-state index contributed by atoms with van der Waals surface area (Å²) in [6, 6.07) is 10.5. The second-order valence-corrected chi connectivity index (χ2v) is 7.27. The fourth-order valence-electron chi connectivity index (χ4n) is 3.27. The van der Waals surface area contributed by atoms with Crippen molar-refractivity contribution in [2.24, 2.45) is 0 Å². The number of nitrogens with zero attached hydrogens (tertiary/aromatic N) is 1. The van der Waals surface area contributed by atoms with Gasteiger partial charge in [0, 0.05) is 22.7 Å². The molecule has 1 aromatic carbocycles. The standard InChI is InChI=1S/C19H19N3OS/c1-11-16(12(2)22-21-11)10-20-19(23)17-9-14-8-7-13-5-3-4-6-15(13)18(14)24-17/h3-6,9H,7-8,10H2,1-2H3,(H,20,23)(H,21,22). The number of nitrogens with one attached hydrogen (secondary N) is 2. The second kappa shape index (κ2) is 5.91. The van der Waals surface area contributed by atoms with Crippen molar-refractivity contribution in [2.75, 3.05) is 0 Å². The lowest BCUT2D eigenvalue weighted by atomic mass is 9.91. The Labute approximate surface area is 144 Å². The molecule has 1 aliphatic carbocycles. The van der Waals surface area contributed by atoms with Crippen molar-refractivity contribution in [3.05, 3.63) is 63.3 Å². The van der Waals surface area contributed by atoms with Gasteiger partial charge in [0.2, 0.25) is 0 Å². The summed E-state index contributed by atoms with van der Waals surface area (Å²) < 4.78 is 0. The summed E-state index contributed by atoms with van der Waals surface area (Å²) in [5.74, 6) is -0.00752. The van der Waals surface area contributed by atoms with Crippen molar-refractivity contribution in [3.63, 3.8) is 0 Å². The molecule has 0 radical (unpaired) electrons. The number of H-pyrrole nitrogens is 1. The van der Waals surface area contributed by atoms with Crippen LogP contribution in [0.2, 0.25) is 0 Å². The molecule has 0 saturated carbocycles. The van der Waals surface area contributed by atoms with Gasteiger partial charge >= 0.3 is 0 Å². The summed E-state index contributed by atoms with van der Waals surface area (Å²) in [4.78, 5) is 14.6. The summed E-state index contributed by atoms with van der Waals surface area (Å²) >= 11 is 1.60. The first-order valence-electron chi connectivity index (χ1n) is 8.13. The van der Waals surface area contributed by atoms with Gasteiger partial charge in [-0.3, -0.25) is 9.89 Å². The number of rotatable bonds is 3. The van der Waals surface area contributed by atoms with Crippen molar-refractivity contribution in [3.8, 4) is 10.4 Å². The first-order chi connectivity index (χ1) is 11.6. The van der Waals surface area contributed by atoms with E-state index >= 15 is 0 Å². The van der Waals surface area contributed by atoms with Gasteiger partial charge < -0.3 is 5.32 Å². The molecule has 3 aromatic rings. The molecular weight excluding hydrogens is 318 g/mol. The van der Waals surface area contributed by atoms with Crippen LogP contribution >= 0.6 is 11.3 Å². The number of carbonyl (C=O) groups excluding carboxylic acids is 1. The minimum atomic E-state index is -0.00752. The molecule has 0 saturated heterocycles. The molecule has 0 bridgehead atoms. The van der Waals surface area contributed by atoms with E-state index in [1.807, 2.05) is 13.8 Å². The number of aromatic amines is 1. The van der Waals surface area contributed by atoms with Crippen LogP contribution in [-0.2, 0) is 19.4 Å². The third-order valence-corrected chi connectivity index (χ3v) is 5.87. The number of amides is 1. The van der Waals surface area contributed by atoms with E-state index in [1.165, 1.54) is 21.6 Å². The van der Waals surface area contributed by atoms with Crippen LogP contribution in [0.4, 0.5) is 0 Å². The van der Waals surface area contributed by atoms with Gasteiger partial charge in [0.05, 0.1) is 10.6 Å². The molecule has 0 aliphatic heterocycles. The Balaban J connectivity index is 1.56. The molecule has 1 amide bonds. The number of carbonyl (C=O) groups is 1. The van der Waals surface area contributed by atoms with Crippen molar-refractivity contribution in [1.82, 2.24) is 15.5 Å². The van der Waals surface area contributed by atoms with E-state index in [0.29, 0.717) is 6.54 Å². The maximum atomic E-state index is 12.6. The molecule has 4 nitrogen and oxygen atoms in total. The lowest BCUT2D eigenvalue weighted by Crippen LogP contribution is -2.22. The predicted molar refractivity (Wildman–Crippen MR) is 96.4 cm³/mol. The number of hydrogen-bond acceptors (Lipinski definition) is 3. The Morgan fingerprint density at radius 2 is 2.04 bits per heavy atom. The zero-order valence-corrected chi connectivity index (χ0v) is 14.6. The predicted octanol–water partition coefficient (Wildman–Crippen LogP) is 3.78. The molecule has 122 valence electrons. The quantitative estimate of drug-likeness (QED) is 0.764. The highest BCUT2D eigenvalue weighted by Gasteiger charge is 2.21. The molecular formula is C19H19N3OS. The zero-order chi connectivity index (χ0) is 16.7. The molecule has 4 rings (SSSR count). The van der Waals surface area contributed by atoms with Gasteiger partial charge in [-0.15, -0.1) is 11.3 Å². The normalized spacial score (nSPS) is 12.6. The van der Waals surface area contributed by atoms with Crippen LogP contribution in [0.1, 0.15) is 37.7 Å². The van der Waals surface area contributed by atoms with Crippen molar-refractivity contribution >= 4 is 17.2 Å². The summed E-state index contributed by atoms with van der Waals surface area (Å²) in [5, 5.41) is 10.2. The highest BCUT2D eigenvalue weighted by atomic mass is 32.1. The average Bonchev–Trinajstić information content (AvgIpc) is 3.17. The number of hydrogen-bond donors (Lipinski definition) is 2. The minimum absolute atomic E-state index is 0.00752. The van der Waals surface area contributed by atoms with Gasteiger partial charge in [-0.2, -0.15) is 5.10 Å². The molecule has 2 N–H and O–H groups in total. The SMILES string of the molecule is Cc1n[nH]c(C)c1CNC(=O)c1cc2c(s1)-c1ccccc1CC2. The van der Waals surface area contributed by atoms with Gasteiger partial charge in [-0.05, 0) is 49.4 Å². The topological polar surface area (TPSA) is 57.8 Å². The van der Waals surface area contributed by atoms with Gasteiger partial charge in [-0.25, -0.2) is 0 Å². The number of benzene rings is 1. The molecule has 5 heteroatoms. The summed E-state index contributed by atoms with van der Waals surface area (Å²) in [5.41, 5.74) is 6.96. The van der Waals surface area contributed by atoms with Crippen LogP contribution in [0.15, 0.2) is 30.3 Å². The molecule has 2 heterocycles. The van der Waals surface area contributed by atoms with Crippen LogP contribution in [-0.4, -0.2) is 16.1 Å². The van der Waals surface area contributed by atoms with E-state index in [-0.39, 0.29) is 5.91 Å². The van der Waals surface area contributed by atoms with Gasteiger partial charge in [0.25, 0.3) is 5.91 Å². The van der Waals surface area contributed by atoms with Gasteiger partial charge in [-0.1, -0.05) is 24.3 Å². The van der Waals surface area contributed by atoms with E-state index in [4.69, 9.17) is 0 Å². The summed E-state index contributed by atoms with van der Waals surface area (Å²) in [6.07, 6.45) is 2.06. The van der Waals surface area contributed by atoms with Crippen molar-refractivity contribution < 1.29 is 4.79 Å². The zero-order valence-electron chi connectivity index (χ0n) is 13.8. The third kappa shape index (κ3) is 2.55. The molecule has 0 fully saturated rings. The van der Waals surface area contributed by atoms with Crippen molar-refractivity contribution in [1.29, 1.82) is 0 Å². The average molecular weight is 337 g/mol. The number of thiophene rings is 1. The maximum absolute atomic E-state index is 12.6. The van der Waals surface area contributed by atoms with E-state index < -0.39 is 0 Å². The van der Waals surface area contributed by atoms with Crippen LogP contribution in [0.3, 0.4) is 0 Å². The van der Waals surface area contributed by atoms with E-state index in [1.54, 1.807) is 11.3 Å². The lowest BCUT2D eigenvalue weighted by Gasteiger charge is -2.15. The molecule has 2 aromatic heterocycles. The van der Waals surface area contributed by atoms with Crippen LogP contribution in [0, 0.1) is 13.8 Å². The van der Waals surface area contributed by atoms with Crippen LogP contribution in [0.5, 0.6) is 0 Å². The first kappa shape index (κ1) is 15.1. The first-order valence-corrected chi connectivity index (χ1v) is 8.94. The summed E-state index contributed by atoms with van der Waals surface area (Å²) in [7, 11) is 0. The molecule has 0 unspecified atom stereocenters. The molecule has 0 spiro atoms. The Bertz CT molecular complexity index is 903. The monoisotopic (exact) mass is 337 g/mol. The highest BCUT2D eigenvalue weighted by Crippen LogP contribution is 2.39. The Hall–Kier alpha value is -2.40. The van der Waals surface area contributed by atoms with E-state index in [9.17, 15) is 4.79 Å². The molecule has 0 atom stereocenters. The fourth-order valence-corrected chi connectivity index (χ4v) is 4.46. The largest absolute Gasteiger partial charge is 0.347 e. The smallest absolute Gasteiger partial charge is 0.261 e. The molecule has 1 aliphatic rings. The van der Waals surface area contributed by atoms with Gasteiger partial charge in [0.1, 0.15) is 0 Å². The van der Waals surface area contributed by atoms with E-state index in [2.05, 4.69) is 45.8 Å². The Kier molecular flexibility index (Phi) is 3.73. The van der Waals surface area contributed by atoms with Gasteiger partial charge in [0.15, 0.2) is 0 Å². The minimum Gasteiger partial charge on any atom is -0.347 e. The summed E-state index contributed by atoms with van der Waals surface area (Å²) in [6.45, 7) is 4.43. The number of aryl methyl sites for hydroxylation is 4.